The molecule has 1 atom stereocenters. The number of benzene rings is 2. The van der Waals surface area contributed by atoms with Crippen LogP contribution in [0.4, 0.5) is 5.88 Å². The summed E-state index contributed by atoms with van der Waals surface area (Å²) in [5.74, 6) is 0.457. The molecule has 0 aliphatic carbocycles. The van der Waals surface area contributed by atoms with Crippen LogP contribution in [0.1, 0.15) is 17.0 Å². The summed E-state index contributed by atoms with van der Waals surface area (Å²) in [5, 5.41) is 3.67. The van der Waals surface area contributed by atoms with E-state index in [-0.39, 0.29) is 11.3 Å². The van der Waals surface area contributed by atoms with E-state index in [1.165, 1.54) is 0 Å². The quantitative estimate of drug-likeness (QED) is 0.733. The monoisotopic (exact) mass is 275 g/mol. The van der Waals surface area contributed by atoms with Gasteiger partial charge in [-0.15, -0.1) is 0 Å². The zero-order valence-corrected chi connectivity index (χ0v) is 11.2. The molecule has 102 valence electrons. The average molecular weight is 275 g/mol. The van der Waals surface area contributed by atoms with E-state index < -0.39 is 0 Å². The summed E-state index contributed by atoms with van der Waals surface area (Å²) < 4.78 is 5.85. The minimum absolute atomic E-state index is 0.0255. The second-order valence-corrected chi connectivity index (χ2v) is 5.06. The van der Waals surface area contributed by atoms with E-state index >= 15 is 0 Å². The van der Waals surface area contributed by atoms with Gasteiger partial charge in [0, 0.05) is 12.1 Å². The van der Waals surface area contributed by atoms with Gasteiger partial charge >= 0.3 is 0 Å². The van der Waals surface area contributed by atoms with Crippen molar-refractivity contribution in [1.82, 2.24) is 0 Å². The van der Waals surface area contributed by atoms with Crippen LogP contribution >= 0.6 is 0 Å². The first-order valence-electron chi connectivity index (χ1n) is 6.88. The van der Waals surface area contributed by atoms with Crippen LogP contribution in [-0.4, -0.2) is 0 Å². The molecule has 3 aromatic rings. The first-order valence-corrected chi connectivity index (χ1v) is 6.88. The third-order valence-electron chi connectivity index (χ3n) is 3.81. The van der Waals surface area contributed by atoms with E-state index in [4.69, 9.17) is 4.42 Å². The van der Waals surface area contributed by atoms with Crippen molar-refractivity contribution in [3.63, 3.8) is 0 Å². The number of nitrogens with one attached hydrogen (secondary N) is 1. The summed E-state index contributed by atoms with van der Waals surface area (Å²) in [6.45, 7) is 0. The van der Waals surface area contributed by atoms with Gasteiger partial charge in [-0.25, -0.2) is 0 Å². The molecular weight excluding hydrogens is 262 g/mol. The van der Waals surface area contributed by atoms with E-state index in [9.17, 15) is 4.79 Å². The van der Waals surface area contributed by atoms with Crippen molar-refractivity contribution in [1.29, 1.82) is 0 Å². The molecular formula is C18H13NO2. The molecule has 3 heteroatoms. The molecule has 0 saturated carbocycles. The zero-order valence-electron chi connectivity index (χ0n) is 11.2. The van der Waals surface area contributed by atoms with Crippen LogP contribution in [0.2, 0.25) is 0 Å². The van der Waals surface area contributed by atoms with E-state index in [1.807, 2.05) is 66.9 Å². The number of anilines is 1. The Morgan fingerprint density at radius 1 is 0.952 bits per heavy atom. The van der Waals surface area contributed by atoms with Crippen molar-refractivity contribution >= 4 is 16.9 Å². The molecule has 1 aliphatic heterocycles. The maximum Gasteiger partial charge on any atom is 0.205 e. The molecule has 0 saturated heterocycles. The van der Waals surface area contributed by atoms with Gasteiger partial charge in [-0.05, 0) is 17.7 Å². The highest BCUT2D eigenvalue weighted by molar-refractivity contribution is 5.80. The average Bonchev–Trinajstić information content (AvgIpc) is 2.55. The molecule has 1 unspecified atom stereocenters. The van der Waals surface area contributed by atoms with E-state index in [0.717, 1.165) is 5.56 Å². The van der Waals surface area contributed by atoms with Gasteiger partial charge in [0.1, 0.15) is 5.58 Å². The van der Waals surface area contributed by atoms with E-state index in [2.05, 4.69) is 5.32 Å². The van der Waals surface area contributed by atoms with Gasteiger partial charge in [0.15, 0.2) is 5.43 Å². The Balaban J connectivity index is 2.01. The highest BCUT2D eigenvalue weighted by Crippen LogP contribution is 2.34. The van der Waals surface area contributed by atoms with Crippen molar-refractivity contribution < 1.29 is 4.42 Å². The van der Waals surface area contributed by atoms with Gasteiger partial charge in [-0.2, -0.15) is 0 Å². The number of hydrogen-bond donors (Lipinski definition) is 1. The fourth-order valence-electron chi connectivity index (χ4n) is 2.80. The summed E-state index contributed by atoms with van der Waals surface area (Å²) in [6, 6.07) is 17.3. The lowest BCUT2D eigenvalue weighted by Crippen LogP contribution is -2.19. The van der Waals surface area contributed by atoms with Crippen LogP contribution in [0.15, 0.2) is 76.1 Å². The molecule has 2 heterocycles. The number of rotatable bonds is 1. The standard InChI is InChI=1S/C18H13NO2/c20-17-14-8-4-5-9-15(14)21-18-16(17)13(10-11-19-18)12-6-2-1-3-7-12/h1-11,13,19H. The molecule has 1 aromatic heterocycles. The van der Waals surface area contributed by atoms with Crippen molar-refractivity contribution in [3.05, 3.63) is 88.2 Å². The SMILES string of the molecule is O=c1c2c(oc3ccccc13)NC=CC2c1ccccc1. The predicted octanol–water partition coefficient (Wildman–Crippen LogP) is 3.86. The maximum absolute atomic E-state index is 12.8. The second kappa shape index (κ2) is 4.63. The lowest BCUT2D eigenvalue weighted by Gasteiger charge is -2.20. The van der Waals surface area contributed by atoms with Crippen molar-refractivity contribution in [2.75, 3.05) is 5.32 Å². The Morgan fingerprint density at radius 2 is 1.71 bits per heavy atom. The molecule has 0 radical (unpaired) electrons. The Bertz CT molecular complexity index is 894. The lowest BCUT2D eigenvalue weighted by molar-refractivity contribution is 0.608. The Morgan fingerprint density at radius 3 is 2.57 bits per heavy atom. The highest BCUT2D eigenvalue weighted by Gasteiger charge is 2.24. The topological polar surface area (TPSA) is 42.2 Å². The van der Waals surface area contributed by atoms with Gasteiger partial charge in [0.05, 0.1) is 10.9 Å². The van der Waals surface area contributed by atoms with Gasteiger partial charge in [-0.1, -0.05) is 48.5 Å². The molecule has 0 amide bonds. The van der Waals surface area contributed by atoms with Crippen molar-refractivity contribution in [3.8, 4) is 0 Å². The molecule has 1 N–H and O–H groups in total. The van der Waals surface area contributed by atoms with Crippen LogP contribution in [0.5, 0.6) is 0 Å². The maximum atomic E-state index is 12.8. The summed E-state index contributed by atoms with van der Waals surface area (Å²) in [6.07, 6.45) is 3.82. The molecule has 0 fully saturated rings. The molecule has 2 aromatic carbocycles. The Hall–Kier alpha value is -2.81. The minimum Gasteiger partial charge on any atom is -0.440 e. The number of hydrogen-bond acceptors (Lipinski definition) is 3. The third kappa shape index (κ3) is 1.86. The fraction of sp³-hybridized carbons (Fsp3) is 0.0556. The lowest BCUT2D eigenvalue weighted by atomic mass is 9.89. The molecule has 0 spiro atoms. The number of para-hydroxylation sites is 1. The largest absolute Gasteiger partial charge is 0.440 e. The van der Waals surface area contributed by atoms with Crippen LogP contribution in [0.25, 0.3) is 11.0 Å². The molecule has 0 bridgehead atoms. The molecule has 3 nitrogen and oxygen atoms in total. The van der Waals surface area contributed by atoms with Crippen LogP contribution in [0.3, 0.4) is 0 Å². The van der Waals surface area contributed by atoms with E-state index in [0.29, 0.717) is 22.4 Å². The summed E-state index contributed by atoms with van der Waals surface area (Å²) >= 11 is 0. The smallest absolute Gasteiger partial charge is 0.205 e. The van der Waals surface area contributed by atoms with Gasteiger partial charge in [0.2, 0.25) is 5.88 Å². The predicted molar refractivity (Wildman–Crippen MR) is 83.5 cm³/mol. The molecule has 4 rings (SSSR count). The fourth-order valence-corrected chi connectivity index (χ4v) is 2.80. The van der Waals surface area contributed by atoms with E-state index in [1.54, 1.807) is 0 Å². The van der Waals surface area contributed by atoms with Crippen molar-refractivity contribution in [2.24, 2.45) is 0 Å². The summed E-state index contributed by atoms with van der Waals surface area (Å²) in [7, 11) is 0. The minimum atomic E-state index is -0.0803. The highest BCUT2D eigenvalue weighted by atomic mass is 16.3. The first-order chi connectivity index (χ1) is 10.3. The molecule has 21 heavy (non-hydrogen) atoms. The Kier molecular flexibility index (Phi) is 2.64. The number of fused-ring (bicyclic) bond motifs is 2. The Labute approximate surface area is 121 Å². The number of allylic oxidation sites excluding steroid dienone is 1. The normalized spacial score (nSPS) is 16.5. The van der Waals surface area contributed by atoms with Gasteiger partial charge in [0.25, 0.3) is 0 Å². The summed E-state index contributed by atoms with van der Waals surface area (Å²) in [4.78, 5) is 12.8. The molecule has 1 aliphatic rings. The summed E-state index contributed by atoms with van der Waals surface area (Å²) in [5.41, 5.74) is 2.38. The van der Waals surface area contributed by atoms with Gasteiger partial charge < -0.3 is 9.73 Å². The van der Waals surface area contributed by atoms with Crippen LogP contribution < -0.4 is 10.7 Å². The second-order valence-electron chi connectivity index (χ2n) is 5.06. The first kappa shape index (κ1) is 12.0. The third-order valence-corrected chi connectivity index (χ3v) is 3.81. The van der Waals surface area contributed by atoms with Crippen LogP contribution in [0, 0.1) is 0 Å². The zero-order chi connectivity index (χ0) is 14.2. The van der Waals surface area contributed by atoms with Crippen LogP contribution in [-0.2, 0) is 0 Å². The van der Waals surface area contributed by atoms with Gasteiger partial charge in [-0.3, -0.25) is 4.79 Å². The van der Waals surface area contributed by atoms with Crippen molar-refractivity contribution in [2.45, 2.75) is 5.92 Å².